The van der Waals surface area contributed by atoms with Crippen LogP contribution in [0.15, 0.2) is 47.0 Å². The summed E-state index contributed by atoms with van der Waals surface area (Å²) in [6.07, 6.45) is 0.786. The minimum atomic E-state index is -0.389. The van der Waals surface area contributed by atoms with Gasteiger partial charge in [-0.15, -0.1) is 11.3 Å². The van der Waals surface area contributed by atoms with E-state index in [0.717, 1.165) is 5.56 Å². The lowest BCUT2D eigenvalue weighted by atomic mass is 10.1. The van der Waals surface area contributed by atoms with Crippen molar-refractivity contribution in [1.29, 1.82) is 0 Å². The van der Waals surface area contributed by atoms with Crippen molar-refractivity contribution in [3.63, 3.8) is 0 Å². The van der Waals surface area contributed by atoms with Crippen molar-refractivity contribution in [3.05, 3.63) is 63.0 Å². The lowest BCUT2D eigenvalue weighted by Gasteiger charge is -1.99. The van der Waals surface area contributed by atoms with Gasteiger partial charge >= 0.3 is 5.97 Å². The maximum Gasteiger partial charge on any atom is 0.337 e. The molecule has 0 fully saturated rings. The van der Waals surface area contributed by atoms with Crippen molar-refractivity contribution in [1.82, 2.24) is 5.16 Å². The Morgan fingerprint density at radius 3 is 2.60 bits per heavy atom. The van der Waals surface area contributed by atoms with E-state index in [1.807, 2.05) is 0 Å². The number of hydrogen-bond donors (Lipinski definition) is 0. The topological polar surface area (TPSA) is 69.4 Å². The van der Waals surface area contributed by atoms with Crippen LogP contribution in [0, 0.1) is 0 Å². The monoisotopic (exact) mass is 375 g/mol. The van der Waals surface area contributed by atoms with Crippen LogP contribution in [-0.4, -0.2) is 24.0 Å². The Bertz CT molecular complexity index is 898. The maximum atomic E-state index is 12.1. The fourth-order valence-corrected chi connectivity index (χ4v) is 3.30. The number of carbonyl (C=O) groups excluding carboxylic acids is 2. The molecule has 0 N–H and O–H groups in total. The highest BCUT2D eigenvalue weighted by atomic mass is 35.5. The predicted octanol–water partition coefficient (Wildman–Crippen LogP) is 4.66. The molecule has 0 aliphatic heterocycles. The van der Waals surface area contributed by atoms with E-state index in [9.17, 15) is 9.59 Å². The Kier molecular flexibility index (Phi) is 5.31. The van der Waals surface area contributed by atoms with Gasteiger partial charge in [-0.25, -0.2) is 4.79 Å². The summed E-state index contributed by atoms with van der Waals surface area (Å²) in [6, 6.07) is 12.1. The summed E-state index contributed by atoms with van der Waals surface area (Å²) in [6.45, 7) is 0. The minimum absolute atomic E-state index is 0.0253. The van der Waals surface area contributed by atoms with Crippen molar-refractivity contribution < 1.29 is 18.8 Å². The van der Waals surface area contributed by atoms with Gasteiger partial charge in [0.15, 0.2) is 5.78 Å². The highest BCUT2D eigenvalue weighted by molar-refractivity contribution is 7.18. The number of carbonyl (C=O) groups is 2. The van der Waals surface area contributed by atoms with E-state index in [2.05, 4.69) is 9.89 Å². The van der Waals surface area contributed by atoms with Gasteiger partial charge in [0.05, 0.1) is 21.9 Å². The molecule has 0 saturated carbocycles. The highest BCUT2D eigenvalue weighted by Gasteiger charge is 2.13. The van der Waals surface area contributed by atoms with Crippen LogP contribution in [0.3, 0.4) is 0 Å². The summed E-state index contributed by atoms with van der Waals surface area (Å²) in [7, 11) is 1.34. The zero-order valence-electron chi connectivity index (χ0n) is 13.3. The molecule has 2 aromatic heterocycles. The zero-order chi connectivity index (χ0) is 17.8. The number of aryl methyl sites for hydroxylation is 1. The lowest BCUT2D eigenvalue weighted by molar-refractivity contribution is 0.0600. The second kappa shape index (κ2) is 7.63. The van der Waals surface area contributed by atoms with Crippen LogP contribution in [0.5, 0.6) is 0 Å². The van der Waals surface area contributed by atoms with Gasteiger partial charge in [-0.05, 0) is 24.3 Å². The third-order valence-electron chi connectivity index (χ3n) is 3.61. The number of rotatable bonds is 6. The van der Waals surface area contributed by atoms with Gasteiger partial charge in [-0.1, -0.05) is 28.9 Å². The lowest BCUT2D eigenvalue weighted by Crippen LogP contribution is -2.00. The summed E-state index contributed by atoms with van der Waals surface area (Å²) >= 11 is 7.11. The number of benzene rings is 1. The van der Waals surface area contributed by atoms with Gasteiger partial charge < -0.3 is 9.26 Å². The summed E-state index contributed by atoms with van der Waals surface area (Å²) in [5.74, 6) is 0.264. The van der Waals surface area contributed by atoms with Crippen LogP contribution in [0.25, 0.3) is 11.3 Å². The minimum Gasteiger partial charge on any atom is -0.465 e. The van der Waals surface area contributed by atoms with Crippen LogP contribution in [0.2, 0.25) is 4.34 Å². The number of esters is 1. The standard InChI is InChI=1S/C18H14ClNO4S/c1-23-18(22)12-4-2-11(3-5-12)14-10-13(24-20-14)6-7-15(21)16-8-9-17(19)25-16/h2-5,8-10H,6-7H2,1H3. The number of Topliss-reactive ketones (excluding diaryl/α,β-unsaturated/α-hetero) is 1. The summed E-state index contributed by atoms with van der Waals surface area (Å²) in [5, 5.41) is 4.01. The molecule has 3 aromatic rings. The van der Waals surface area contributed by atoms with Gasteiger partial charge in [0, 0.05) is 24.5 Å². The SMILES string of the molecule is COC(=O)c1ccc(-c2cc(CCC(=O)c3ccc(Cl)s3)on2)cc1. The van der Waals surface area contributed by atoms with E-state index in [1.165, 1.54) is 18.4 Å². The molecule has 0 spiro atoms. The number of nitrogens with zero attached hydrogens (tertiary/aromatic N) is 1. The van der Waals surface area contributed by atoms with Crippen molar-refractivity contribution in [2.75, 3.05) is 7.11 Å². The van der Waals surface area contributed by atoms with E-state index in [1.54, 1.807) is 42.5 Å². The molecule has 128 valence electrons. The first kappa shape index (κ1) is 17.4. The average Bonchev–Trinajstić information content (AvgIpc) is 3.28. The molecule has 5 nitrogen and oxygen atoms in total. The quantitative estimate of drug-likeness (QED) is 0.463. The summed E-state index contributed by atoms with van der Waals surface area (Å²) < 4.78 is 10.6. The van der Waals surface area contributed by atoms with Crippen molar-refractivity contribution in [3.8, 4) is 11.3 Å². The van der Waals surface area contributed by atoms with E-state index in [0.29, 0.717) is 39.1 Å². The molecule has 0 radical (unpaired) electrons. The molecule has 1 aromatic carbocycles. The molecule has 25 heavy (non-hydrogen) atoms. The number of hydrogen-bond acceptors (Lipinski definition) is 6. The van der Waals surface area contributed by atoms with E-state index >= 15 is 0 Å². The molecule has 7 heteroatoms. The number of halogens is 1. The first-order chi connectivity index (χ1) is 12.1. The summed E-state index contributed by atoms with van der Waals surface area (Å²) in [5.41, 5.74) is 1.94. The van der Waals surface area contributed by atoms with Crippen LogP contribution in [0.4, 0.5) is 0 Å². The second-order valence-corrected chi connectivity index (χ2v) is 6.99. The molecule has 0 bridgehead atoms. The molecule has 0 amide bonds. The number of ketones is 1. The molecule has 3 rings (SSSR count). The Balaban J connectivity index is 1.64. The predicted molar refractivity (Wildman–Crippen MR) is 95.3 cm³/mol. The number of ether oxygens (including phenoxy) is 1. The van der Waals surface area contributed by atoms with Crippen LogP contribution >= 0.6 is 22.9 Å². The Morgan fingerprint density at radius 2 is 1.96 bits per heavy atom. The van der Waals surface area contributed by atoms with Gasteiger partial charge in [-0.2, -0.15) is 0 Å². The van der Waals surface area contributed by atoms with Gasteiger partial charge in [0.1, 0.15) is 11.5 Å². The van der Waals surface area contributed by atoms with E-state index in [4.69, 9.17) is 16.1 Å². The Hall–Kier alpha value is -2.44. The molecule has 0 saturated heterocycles. The van der Waals surface area contributed by atoms with Gasteiger partial charge in [0.25, 0.3) is 0 Å². The van der Waals surface area contributed by atoms with Crippen molar-refractivity contribution >= 4 is 34.7 Å². The van der Waals surface area contributed by atoms with Gasteiger partial charge in [-0.3, -0.25) is 4.79 Å². The zero-order valence-corrected chi connectivity index (χ0v) is 14.9. The van der Waals surface area contributed by atoms with Crippen LogP contribution in [0.1, 0.15) is 32.2 Å². The van der Waals surface area contributed by atoms with Crippen molar-refractivity contribution in [2.45, 2.75) is 12.8 Å². The number of aromatic nitrogens is 1. The molecule has 0 unspecified atom stereocenters. The normalized spacial score (nSPS) is 10.6. The van der Waals surface area contributed by atoms with E-state index in [-0.39, 0.29) is 11.8 Å². The smallest absolute Gasteiger partial charge is 0.337 e. The molecule has 0 atom stereocenters. The average molecular weight is 376 g/mol. The van der Waals surface area contributed by atoms with Crippen LogP contribution < -0.4 is 0 Å². The van der Waals surface area contributed by atoms with Crippen LogP contribution in [-0.2, 0) is 11.2 Å². The largest absolute Gasteiger partial charge is 0.465 e. The second-order valence-electron chi connectivity index (χ2n) is 5.27. The highest BCUT2D eigenvalue weighted by Crippen LogP contribution is 2.24. The van der Waals surface area contributed by atoms with E-state index < -0.39 is 0 Å². The first-order valence-electron chi connectivity index (χ1n) is 7.49. The van der Waals surface area contributed by atoms with Gasteiger partial charge in [0.2, 0.25) is 0 Å². The maximum absolute atomic E-state index is 12.1. The van der Waals surface area contributed by atoms with Crippen molar-refractivity contribution in [2.24, 2.45) is 0 Å². The Labute approximate surface area is 153 Å². The molecule has 0 aliphatic rings. The number of methoxy groups -OCH3 is 1. The Morgan fingerprint density at radius 1 is 1.20 bits per heavy atom. The molecular formula is C18H14ClNO4S. The third-order valence-corrected chi connectivity index (χ3v) is 4.88. The molecule has 0 aliphatic carbocycles. The fraction of sp³-hybridized carbons (Fsp3) is 0.167. The number of thiophene rings is 1. The third kappa shape index (κ3) is 4.15. The molecule has 2 heterocycles. The fourth-order valence-electron chi connectivity index (χ4n) is 2.29. The summed E-state index contributed by atoms with van der Waals surface area (Å²) in [4.78, 5) is 24.2. The molecular weight excluding hydrogens is 362 g/mol. The first-order valence-corrected chi connectivity index (χ1v) is 8.69.